The summed E-state index contributed by atoms with van der Waals surface area (Å²) < 4.78 is 0. The first-order valence-corrected chi connectivity index (χ1v) is 8.07. The Labute approximate surface area is 121 Å². The van der Waals surface area contributed by atoms with Crippen molar-refractivity contribution in [2.75, 3.05) is 13.1 Å². The maximum absolute atomic E-state index is 11.9. The second kappa shape index (κ2) is 7.43. The van der Waals surface area contributed by atoms with Gasteiger partial charge in [-0.1, -0.05) is 19.1 Å². The summed E-state index contributed by atoms with van der Waals surface area (Å²) in [7, 11) is 0. The minimum atomic E-state index is 0.0896. The van der Waals surface area contributed by atoms with Crippen molar-refractivity contribution >= 4 is 28.6 Å². The quantitative estimate of drug-likeness (QED) is 0.851. The van der Waals surface area contributed by atoms with Gasteiger partial charge in [0.1, 0.15) is 0 Å². The van der Waals surface area contributed by atoms with Gasteiger partial charge in [-0.3, -0.25) is 9.69 Å². The van der Waals surface area contributed by atoms with Gasteiger partial charge in [-0.15, -0.1) is 22.7 Å². The van der Waals surface area contributed by atoms with Crippen LogP contribution in [0.5, 0.6) is 0 Å². The van der Waals surface area contributed by atoms with Crippen LogP contribution in [-0.2, 0) is 17.9 Å². The molecule has 0 saturated carbocycles. The van der Waals surface area contributed by atoms with Crippen LogP contribution in [0.4, 0.5) is 0 Å². The number of carbonyl (C=O) groups excluding carboxylic acids is 1. The molecule has 0 bridgehead atoms. The normalized spacial score (nSPS) is 10.8. The zero-order valence-electron chi connectivity index (χ0n) is 11.0. The number of hydrogen-bond acceptors (Lipinski definition) is 4. The Bertz CT molecular complexity index is 480. The Hall–Kier alpha value is -1.17. The summed E-state index contributed by atoms with van der Waals surface area (Å²) in [5, 5.41) is 7.06. The number of nitrogens with one attached hydrogen (secondary N) is 1. The molecule has 1 amide bonds. The van der Waals surface area contributed by atoms with Gasteiger partial charge in [-0.05, 0) is 29.4 Å². The predicted molar refractivity (Wildman–Crippen MR) is 81.4 cm³/mol. The molecule has 0 spiro atoms. The van der Waals surface area contributed by atoms with Gasteiger partial charge < -0.3 is 5.32 Å². The molecule has 2 aromatic heterocycles. The van der Waals surface area contributed by atoms with Crippen LogP contribution in [0.2, 0.25) is 0 Å². The zero-order chi connectivity index (χ0) is 13.5. The minimum absolute atomic E-state index is 0.0896. The minimum Gasteiger partial charge on any atom is -0.350 e. The van der Waals surface area contributed by atoms with Gasteiger partial charge in [0.05, 0.1) is 13.1 Å². The summed E-state index contributed by atoms with van der Waals surface area (Å²) in [6, 6.07) is 8.19. The fourth-order valence-electron chi connectivity index (χ4n) is 1.76. The Kier molecular flexibility index (Phi) is 5.57. The van der Waals surface area contributed by atoms with Crippen LogP contribution < -0.4 is 5.32 Å². The summed E-state index contributed by atoms with van der Waals surface area (Å²) in [4.78, 5) is 16.5. The highest BCUT2D eigenvalue weighted by Crippen LogP contribution is 2.11. The number of nitrogens with zero attached hydrogens (tertiary/aromatic N) is 1. The van der Waals surface area contributed by atoms with Crippen LogP contribution in [-0.4, -0.2) is 23.9 Å². The first kappa shape index (κ1) is 14.2. The number of rotatable bonds is 7. The van der Waals surface area contributed by atoms with Crippen molar-refractivity contribution in [3.05, 3.63) is 44.8 Å². The fraction of sp³-hybridized carbons (Fsp3) is 0.357. The van der Waals surface area contributed by atoms with E-state index in [2.05, 4.69) is 28.6 Å². The van der Waals surface area contributed by atoms with Crippen LogP contribution in [0.1, 0.15) is 16.7 Å². The lowest BCUT2D eigenvalue weighted by molar-refractivity contribution is -0.122. The maximum atomic E-state index is 11.9. The van der Waals surface area contributed by atoms with E-state index in [1.54, 1.807) is 22.7 Å². The van der Waals surface area contributed by atoms with Crippen LogP contribution in [0.25, 0.3) is 0 Å². The standard InChI is InChI=1S/C14H18N2OS2/c1-2-16(10-13-6-4-8-19-13)11-14(17)15-9-12-5-3-7-18-12/h3-8H,2,9-11H2,1H3,(H,15,17). The van der Waals surface area contributed by atoms with Gasteiger partial charge in [0, 0.05) is 16.3 Å². The van der Waals surface area contributed by atoms with Gasteiger partial charge in [-0.25, -0.2) is 0 Å². The highest BCUT2D eigenvalue weighted by atomic mass is 32.1. The third kappa shape index (κ3) is 4.78. The second-order valence-corrected chi connectivity index (χ2v) is 6.30. The van der Waals surface area contributed by atoms with Gasteiger partial charge in [-0.2, -0.15) is 0 Å². The van der Waals surface area contributed by atoms with Crippen LogP contribution in [0, 0.1) is 0 Å². The second-order valence-electron chi connectivity index (χ2n) is 4.24. The lowest BCUT2D eigenvalue weighted by Crippen LogP contribution is -2.36. The highest BCUT2D eigenvalue weighted by Gasteiger charge is 2.10. The van der Waals surface area contributed by atoms with E-state index < -0.39 is 0 Å². The molecule has 2 heterocycles. The molecule has 0 saturated heterocycles. The SMILES string of the molecule is CCN(CC(=O)NCc1cccs1)Cc1cccs1. The van der Waals surface area contributed by atoms with E-state index in [1.807, 2.05) is 23.6 Å². The number of thiophene rings is 2. The number of carbonyl (C=O) groups is 1. The molecule has 3 nitrogen and oxygen atoms in total. The molecular formula is C14H18N2OS2. The molecule has 0 aliphatic heterocycles. The number of amides is 1. The zero-order valence-corrected chi connectivity index (χ0v) is 12.6. The lowest BCUT2D eigenvalue weighted by Gasteiger charge is -2.18. The van der Waals surface area contributed by atoms with Crippen molar-refractivity contribution < 1.29 is 4.79 Å². The van der Waals surface area contributed by atoms with Crippen molar-refractivity contribution in [3.8, 4) is 0 Å². The van der Waals surface area contributed by atoms with E-state index in [1.165, 1.54) is 9.75 Å². The van der Waals surface area contributed by atoms with Gasteiger partial charge in [0.25, 0.3) is 0 Å². The van der Waals surface area contributed by atoms with Gasteiger partial charge in [0.2, 0.25) is 5.91 Å². The van der Waals surface area contributed by atoms with Crippen molar-refractivity contribution in [2.45, 2.75) is 20.0 Å². The molecule has 0 atom stereocenters. The molecule has 0 fully saturated rings. The van der Waals surface area contributed by atoms with Gasteiger partial charge in [0.15, 0.2) is 0 Å². The average Bonchev–Trinajstić information content (AvgIpc) is 3.08. The van der Waals surface area contributed by atoms with Crippen molar-refractivity contribution in [2.24, 2.45) is 0 Å². The van der Waals surface area contributed by atoms with E-state index in [0.29, 0.717) is 13.1 Å². The highest BCUT2D eigenvalue weighted by molar-refractivity contribution is 7.10. The fourth-order valence-corrected chi connectivity index (χ4v) is 3.15. The van der Waals surface area contributed by atoms with Crippen LogP contribution in [0.15, 0.2) is 35.0 Å². The predicted octanol–water partition coefficient (Wildman–Crippen LogP) is 2.95. The summed E-state index contributed by atoms with van der Waals surface area (Å²) >= 11 is 3.40. The molecule has 0 aromatic carbocycles. The molecule has 1 N–H and O–H groups in total. The molecule has 0 radical (unpaired) electrons. The monoisotopic (exact) mass is 294 g/mol. The number of hydrogen-bond donors (Lipinski definition) is 1. The van der Waals surface area contributed by atoms with E-state index in [4.69, 9.17) is 0 Å². The van der Waals surface area contributed by atoms with Crippen molar-refractivity contribution in [1.29, 1.82) is 0 Å². The summed E-state index contributed by atoms with van der Waals surface area (Å²) in [5.74, 6) is 0.0896. The largest absolute Gasteiger partial charge is 0.350 e. The smallest absolute Gasteiger partial charge is 0.234 e. The van der Waals surface area contributed by atoms with E-state index in [9.17, 15) is 4.79 Å². The van der Waals surface area contributed by atoms with Crippen molar-refractivity contribution in [1.82, 2.24) is 10.2 Å². The first-order chi connectivity index (χ1) is 9.28. The van der Waals surface area contributed by atoms with E-state index in [0.717, 1.165) is 13.1 Å². The molecule has 0 aliphatic carbocycles. The Morgan fingerprint density at radius 2 is 1.89 bits per heavy atom. The average molecular weight is 294 g/mol. The van der Waals surface area contributed by atoms with Crippen molar-refractivity contribution in [3.63, 3.8) is 0 Å². The Morgan fingerprint density at radius 1 is 1.21 bits per heavy atom. The van der Waals surface area contributed by atoms with E-state index in [-0.39, 0.29) is 5.91 Å². The number of likely N-dealkylation sites (N-methyl/N-ethyl adjacent to an activating group) is 1. The molecule has 19 heavy (non-hydrogen) atoms. The third-order valence-electron chi connectivity index (χ3n) is 2.81. The molecule has 2 rings (SSSR count). The maximum Gasteiger partial charge on any atom is 0.234 e. The summed E-state index contributed by atoms with van der Waals surface area (Å²) in [5.41, 5.74) is 0. The van der Waals surface area contributed by atoms with Crippen LogP contribution in [0.3, 0.4) is 0 Å². The van der Waals surface area contributed by atoms with E-state index >= 15 is 0 Å². The Balaban J connectivity index is 1.76. The van der Waals surface area contributed by atoms with Crippen LogP contribution >= 0.6 is 22.7 Å². The first-order valence-electron chi connectivity index (χ1n) is 6.31. The third-order valence-corrected chi connectivity index (χ3v) is 4.55. The molecule has 2 aromatic rings. The molecule has 0 aliphatic rings. The molecule has 102 valence electrons. The van der Waals surface area contributed by atoms with Gasteiger partial charge >= 0.3 is 0 Å². The topological polar surface area (TPSA) is 32.3 Å². The summed E-state index contributed by atoms with van der Waals surface area (Å²) in [6.45, 7) is 4.90. The molecule has 0 unspecified atom stereocenters. The Morgan fingerprint density at radius 3 is 2.47 bits per heavy atom. The molecular weight excluding hydrogens is 276 g/mol. The molecule has 5 heteroatoms. The lowest BCUT2D eigenvalue weighted by atomic mass is 10.4. The summed E-state index contributed by atoms with van der Waals surface area (Å²) in [6.07, 6.45) is 0.